The number of amides is 1. The number of carbonyl (C=O) groups is 2. The van der Waals surface area contributed by atoms with Crippen molar-refractivity contribution in [3.8, 4) is 0 Å². The van der Waals surface area contributed by atoms with Gasteiger partial charge < -0.3 is 10.0 Å². The lowest BCUT2D eigenvalue weighted by Gasteiger charge is -2.33. The zero-order valence-electron chi connectivity index (χ0n) is 12.6. The number of carboxylic acid groups (broad SMARTS) is 1. The summed E-state index contributed by atoms with van der Waals surface area (Å²) in [5.74, 6) is -1.82. The number of hydrogen-bond acceptors (Lipinski definition) is 2. The fourth-order valence-corrected chi connectivity index (χ4v) is 3.91. The number of nitrogens with zero attached hydrogens (tertiary/aromatic N) is 1. The lowest BCUT2D eigenvalue weighted by molar-refractivity contribution is -0.141. The summed E-state index contributed by atoms with van der Waals surface area (Å²) < 4.78 is 14.1. The van der Waals surface area contributed by atoms with Crippen LogP contribution in [0.5, 0.6) is 0 Å². The SMILES string of the molecule is Cc1ccc(C(=O)N2C(C(=O)O)CC3CCCCC32)c(F)c1. The Labute approximate surface area is 128 Å². The van der Waals surface area contributed by atoms with Crippen molar-refractivity contribution in [2.45, 2.75) is 51.1 Å². The highest BCUT2D eigenvalue weighted by molar-refractivity contribution is 5.97. The molecule has 3 unspecified atom stereocenters. The molecular weight excluding hydrogens is 285 g/mol. The molecule has 3 atom stereocenters. The van der Waals surface area contributed by atoms with E-state index in [4.69, 9.17) is 0 Å². The van der Waals surface area contributed by atoms with Gasteiger partial charge in [0.15, 0.2) is 0 Å². The molecule has 1 aromatic rings. The molecule has 0 radical (unpaired) electrons. The number of aliphatic carboxylic acids is 1. The van der Waals surface area contributed by atoms with Gasteiger partial charge in [0, 0.05) is 6.04 Å². The Morgan fingerprint density at radius 1 is 1.27 bits per heavy atom. The first kappa shape index (κ1) is 15.0. The number of carboxylic acids is 1. The molecule has 0 spiro atoms. The van der Waals surface area contributed by atoms with Gasteiger partial charge in [-0.05, 0) is 49.8 Å². The highest BCUT2D eigenvalue weighted by Gasteiger charge is 2.48. The fourth-order valence-electron chi connectivity index (χ4n) is 3.91. The summed E-state index contributed by atoms with van der Waals surface area (Å²) in [6.07, 6.45) is 4.32. The summed E-state index contributed by atoms with van der Waals surface area (Å²) in [6.45, 7) is 1.75. The van der Waals surface area contributed by atoms with E-state index in [1.165, 1.54) is 17.0 Å². The van der Waals surface area contributed by atoms with E-state index >= 15 is 0 Å². The van der Waals surface area contributed by atoms with Gasteiger partial charge in [-0.2, -0.15) is 0 Å². The molecule has 1 aliphatic heterocycles. The van der Waals surface area contributed by atoms with Gasteiger partial charge >= 0.3 is 5.97 Å². The number of benzene rings is 1. The Morgan fingerprint density at radius 2 is 2.00 bits per heavy atom. The van der Waals surface area contributed by atoms with Crippen molar-refractivity contribution in [1.82, 2.24) is 4.90 Å². The van der Waals surface area contributed by atoms with E-state index in [0.29, 0.717) is 6.42 Å². The Bertz CT molecular complexity index is 616. The van der Waals surface area contributed by atoms with Crippen molar-refractivity contribution in [1.29, 1.82) is 0 Å². The summed E-state index contributed by atoms with van der Waals surface area (Å²) in [7, 11) is 0. The Balaban J connectivity index is 1.95. The first-order valence-electron chi connectivity index (χ1n) is 7.80. The monoisotopic (exact) mass is 305 g/mol. The van der Waals surface area contributed by atoms with E-state index in [0.717, 1.165) is 31.2 Å². The molecule has 1 N–H and O–H groups in total. The molecule has 0 aromatic heterocycles. The quantitative estimate of drug-likeness (QED) is 0.914. The van der Waals surface area contributed by atoms with Gasteiger partial charge in [-0.25, -0.2) is 9.18 Å². The number of likely N-dealkylation sites (tertiary alicyclic amines) is 1. The molecule has 1 saturated heterocycles. The van der Waals surface area contributed by atoms with Gasteiger partial charge in [0.25, 0.3) is 5.91 Å². The van der Waals surface area contributed by atoms with Crippen LogP contribution >= 0.6 is 0 Å². The maximum Gasteiger partial charge on any atom is 0.326 e. The van der Waals surface area contributed by atoms with Crippen LogP contribution < -0.4 is 0 Å². The van der Waals surface area contributed by atoms with Crippen molar-refractivity contribution in [3.05, 3.63) is 35.1 Å². The molecule has 118 valence electrons. The van der Waals surface area contributed by atoms with Crippen LogP contribution in [-0.4, -0.2) is 34.0 Å². The second-order valence-corrected chi connectivity index (χ2v) is 6.40. The lowest BCUT2D eigenvalue weighted by atomic mass is 9.84. The molecule has 5 heteroatoms. The number of aryl methyl sites for hydroxylation is 1. The zero-order valence-corrected chi connectivity index (χ0v) is 12.6. The van der Waals surface area contributed by atoms with E-state index in [1.807, 2.05) is 0 Å². The summed E-state index contributed by atoms with van der Waals surface area (Å²) >= 11 is 0. The van der Waals surface area contributed by atoms with E-state index in [1.54, 1.807) is 13.0 Å². The number of fused-ring (bicyclic) bond motifs is 1. The molecule has 1 heterocycles. The summed E-state index contributed by atoms with van der Waals surface area (Å²) in [5.41, 5.74) is 0.712. The van der Waals surface area contributed by atoms with Crippen molar-refractivity contribution < 1.29 is 19.1 Å². The van der Waals surface area contributed by atoms with E-state index in [9.17, 15) is 19.1 Å². The Hall–Kier alpha value is -1.91. The summed E-state index contributed by atoms with van der Waals surface area (Å²) in [6, 6.07) is 3.56. The van der Waals surface area contributed by atoms with Gasteiger partial charge in [0.2, 0.25) is 0 Å². The predicted octanol–water partition coefficient (Wildman–Crippen LogP) is 2.99. The maximum absolute atomic E-state index is 14.1. The highest BCUT2D eigenvalue weighted by atomic mass is 19.1. The predicted molar refractivity (Wildman–Crippen MR) is 79.1 cm³/mol. The van der Waals surface area contributed by atoms with Crippen molar-refractivity contribution in [2.75, 3.05) is 0 Å². The largest absolute Gasteiger partial charge is 0.480 e. The van der Waals surface area contributed by atoms with Gasteiger partial charge in [-0.3, -0.25) is 4.79 Å². The summed E-state index contributed by atoms with van der Waals surface area (Å²) in [4.78, 5) is 25.7. The minimum absolute atomic E-state index is 0.0249. The molecule has 2 aliphatic rings. The molecule has 0 bridgehead atoms. The van der Waals surface area contributed by atoms with Crippen molar-refractivity contribution in [2.24, 2.45) is 5.92 Å². The van der Waals surface area contributed by atoms with Crippen molar-refractivity contribution in [3.63, 3.8) is 0 Å². The van der Waals surface area contributed by atoms with Crippen LogP contribution in [0, 0.1) is 18.7 Å². The Morgan fingerprint density at radius 3 is 2.68 bits per heavy atom. The minimum atomic E-state index is -0.990. The smallest absolute Gasteiger partial charge is 0.326 e. The van der Waals surface area contributed by atoms with Crippen LogP contribution in [0.15, 0.2) is 18.2 Å². The lowest BCUT2D eigenvalue weighted by Crippen LogP contribution is -2.46. The third kappa shape index (κ3) is 2.49. The highest BCUT2D eigenvalue weighted by Crippen LogP contribution is 2.40. The van der Waals surface area contributed by atoms with Crippen LogP contribution in [0.2, 0.25) is 0 Å². The first-order valence-corrected chi connectivity index (χ1v) is 7.80. The molecule has 3 rings (SSSR count). The van der Waals surface area contributed by atoms with E-state index in [2.05, 4.69) is 0 Å². The minimum Gasteiger partial charge on any atom is -0.480 e. The molecule has 1 amide bonds. The van der Waals surface area contributed by atoms with Gasteiger partial charge in [0.1, 0.15) is 11.9 Å². The third-order valence-electron chi connectivity index (χ3n) is 4.96. The average molecular weight is 305 g/mol. The van der Waals surface area contributed by atoms with Crippen LogP contribution in [0.3, 0.4) is 0 Å². The van der Waals surface area contributed by atoms with Crippen LogP contribution in [0.25, 0.3) is 0 Å². The molecule has 1 aromatic carbocycles. The van der Waals surface area contributed by atoms with Crippen LogP contribution in [0.4, 0.5) is 4.39 Å². The molecule has 1 saturated carbocycles. The molecule has 2 fully saturated rings. The van der Waals surface area contributed by atoms with Gasteiger partial charge in [-0.15, -0.1) is 0 Å². The Kier molecular flexibility index (Phi) is 3.89. The second-order valence-electron chi connectivity index (χ2n) is 6.40. The first-order chi connectivity index (χ1) is 10.5. The molecule has 22 heavy (non-hydrogen) atoms. The number of halogens is 1. The van der Waals surface area contributed by atoms with Crippen molar-refractivity contribution >= 4 is 11.9 Å². The fraction of sp³-hybridized carbons (Fsp3) is 0.529. The molecule has 1 aliphatic carbocycles. The maximum atomic E-state index is 14.1. The van der Waals surface area contributed by atoms with Crippen LogP contribution in [0.1, 0.15) is 48.0 Å². The second kappa shape index (κ2) is 5.71. The number of rotatable bonds is 2. The zero-order chi connectivity index (χ0) is 15.9. The summed E-state index contributed by atoms with van der Waals surface area (Å²) in [5, 5.41) is 9.45. The van der Waals surface area contributed by atoms with Gasteiger partial charge in [-0.1, -0.05) is 18.9 Å². The normalized spacial score (nSPS) is 27.5. The van der Waals surface area contributed by atoms with E-state index in [-0.39, 0.29) is 17.5 Å². The third-order valence-corrected chi connectivity index (χ3v) is 4.96. The van der Waals surface area contributed by atoms with Crippen LogP contribution in [-0.2, 0) is 4.79 Å². The number of carbonyl (C=O) groups excluding carboxylic acids is 1. The van der Waals surface area contributed by atoms with E-state index < -0.39 is 23.7 Å². The van der Waals surface area contributed by atoms with Gasteiger partial charge in [0.05, 0.1) is 5.56 Å². The average Bonchev–Trinajstić information content (AvgIpc) is 2.86. The number of hydrogen-bond donors (Lipinski definition) is 1. The standard InChI is InChI=1S/C17H20FNO3/c1-10-6-7-12(13(18)8-10)16(20)19-14-5-3-2-4-11(14)9-15(19)17(21)22/h6-8,11,14-15H,2-5,9H2,1H3,(H,21,22). The topological polar surface area (TPSA) is 57.6 Å². The molecule has 4 nitrogen and oxygen atoms in total. The molecular formula is C17H20FNO3.